The molecule has 1 heterocycles. The van der Waals surface area contributed by atoms with Crippen LogP contribution < -0.4 is 9.47 Å². The lowest BCUT2D eigenvalue weighted by atomic mass is 9.94. The first-order valence-corrected chi connectivity index (χ1v) is 11.5. The number of phenolic OH excluding ortho intramolecular Hbond substituents is 1. The molecule has 0 bridgehead atoms. The van der Waals surface area contributed by atoms with Gasteiger partial charge in [0.1, 0.15) is 23.0 Å². The molecule has 7 nitrogen and oxygen atoms in total. The smallest absolute Gasteiger partial charge is 0.416 e. The van der Waals surface area contributed by atoms with Crippen LogP contribution in [0.3, 0.4) is 0 Å². The first kappa shape index (κ1) is 26.9. The average molecular weight is 548 g/mol. The van der Waals surface area contributed by atoms with Crippen molar-refractivity contribution in [2.45, 2.75) is 18.8 Å². The second-order valence-corrected chi connectivity index (χ2v) is 8.81. The van der Waals surface area contributed by atoms with Crippen molar-refractivity contribution in [3.63, 3.8) is 0 Å². The van der Waals surface area contributed by atoms with Gasteiger partial charge in [0.15, 0.2) is 0 Å². The van der Waals surface area contributed by atoms with E-state index in [1.807, 2.05) is 0 Å². The number of ketones is 1. The summed E-state index contributed by atoms with van der Waals surface area (Å²) in [6.45, 7) is -0.363. The third kappa shape index (κ3) is 4.99. The molecule has 2 N–H and O–H groups in total. The molecule has 0 saturated carbocycles. The van der Waals surface area contributed by atoms with Gasteiger partial charge >= 0.3 is 6.18 Å². The number of amides is 1. The Morgan fingerprint density at radius 3 is 2.26 bits per heavy atom. The van der Waals surface area contributed by atoms with Crippen LogP contribution in [0, 0.1) is 0 Å². The second-order valence-electron chi connectivity index (χ2n) is 8.40. The van der Waals surface area contributed by atoms with Crippen LogP contribution in [-0.2, 0) is 22.3 Å². The Balaban J connectivity index is 1.90. The number of aliphatic hydroxyl groups excluding tert-OH is 1. The highest BCUT2D eigenvalue weighted by molar-refractivity contribution is 6.46. The van der Waals surface area contributed by atoms with Crippen molar-refractivity contribution in [1.82, 2.24) is 4.90 Å². The number of phenols is 1. The van der Waals surface area contributed by atoms with Gasteiger partial charge in [-0.3, -0.25) is 9.59 Å². The van der Waals surface area contributed by atoms with Crippen LogP contribution in [0.5, 0.6) is 17.2 Å². The Hall–Kier alpha value is -4.18. The lowest BCUT2D eigenvalue weighted by Crippen LogP contribution is -2.29. The monoisotopic (exact) mass is 547 g/mol. The van der Waals surface area contributed by atoms with Crippen molar-refractivity contribution in [3.05, 3.63) is 93.5 Å². The van der Waals surface area contributed by atoms with Gasteiger partial charge in [-0.1, -0.05) is 35.9 Å². The predicted octanol–water partition coefficient (Wildman–Crippen LogP) is 5.70. The summed E-state index contributed by atoms with van der Waals surface area (Å²) in [4.78, 5) is 27.5. The van der Waals surface area contributed by atoms with Gasteiger partial charge in [-0.25, -0.2) is 0 Å². The lowest BCUT2D eigenvalue weighted by molar-refractivity contribution is -0.140. The largest absolute Gasteiger partial charge is 0.508 e. The molecule has 0 aliphatic carbocycles. The summed E-state index contributed by atoms with van der Waals surface area (Å²) in [7, 11) is 2.67. The van der Waals surface area contributed by atoms with E-state index in [0.717, 1.165) is 17.0 Å². The second kappa shape index (κ2) is 10.3. The number of likely N-dealkylation sites (tertiary alicyclic amines) is 1. The molecule has 38 heavy (non-hydrogen) atoms. The van der Waals surface area contributed by atoms with E-state index in [-0.39, 0.29) is 45.5 Å². The van der Waals surface area contributed by atoms with E-state index in [1.54, 1.807) is 0 Å². The van der Waals surface area contributed by atoms with Crippen LogP contribution >= 0.6 is 11.6 Å². The molecular weight excluding hydrogens is 527 g/mol. The van der Waals surface area contributed by atoms with Crippen molar-refractivity contribution in [3.8, 4) is 17.2 Å². The molecule has 1 aliphatic rings. The molecule has 1 atom stereocenters. The number of nitrogens with zero attached hydrogens (tertiary/aromatic N) is 1. The Morgan fingerprint density at radius 1 is 1.00 bits per heavy atom. The Bertz CT molecular complexity index is 1440. The molecule has 1 amide bonds. The van der Waals surface area contributed by atoms with E-state index in [2.05, 4.69) is 0 Å². The third-order valence-electron chi connectivity index (χ3n) is 6.09. The zero-order valence-corrected chi connectivity index (χ0v) is 20.8. The minimum absolute atomic E-state index is 0.00889. The number of hydrogen-bond donors (Lipinski definition) is 2. The van der Waals surface area contributed by atoms with Crippen molar-refractivity contribution in [1.29, 1.82) is 0 Å². The molecule has 198 valence electrons. The van der Waals surface area contributed by atoms with E-state index in [9.17, 15) is 33.0 Å². The van der Waals surface area contributed by atoms with Crippen LogP contribution in [0.15, 0.2) is 66.2 Å². The number of aromatic hydroxyl groups is 1. The third-order valence-corrected chi connectivity index (χ3v) is 6.38. The number of benzene rings is 3. The normalized spacial score (nSPS) is 17.1. The number of methoxy groups -OCH3 is 2. The SMILES string of the molecule is COc1cc(/C(O)=C2\C(=O)C(=O)N(Cc3cccc(C(F)(F)F)c3)C2c2ccc(O)cc2)c(OC)cc1Cl. The Labute approximate surface area is 220 Å². The number of carbonyl (C=O) groups is 2. The van der Waals surface area contributed by atoms with Crippen molar-refractivity contribution >= 4 is 29.1 Å². The number of ether oxygens (including phenoxy) is 2. The molecule has 0 aromatic heterocycles. The maximum absolute atomic E-state index is 13.3. The molecule has 1 saturated heterocycles. The van der Waals surface area contributed by atoms with Crippen molar-refractivity contribution < 1.29 is 42.4 Å². The van der Waals surface area contributed by atoms with Crippen LogP contribution in [0.2, 0.25) is 5.02 Å². The molecule has 0 spiro atoms. The fourth-order valence-electron chi connectivity index (χ4n) is 4.28. The van der Waals surface area contributed by atoms with Gasteiger partial charge in [0.05, 0.1) is 42.0 Å². The van der Waals surface area contributed by atoms with Crippen LogP contribution in [0.4, 0.5) is 13.2 Å². The highest BCUT2D eigenvalue weighted by atomic mass is 35.5. The molecule has 1 aliphatic heterocycles. The molecule has 1 fully saturated rings. The summed E-state index contributed by atoms with van der Waals surface area (Å²) in [5.74, 6) is -2.52. The summed E-state index contributed by atoms with van der Waals surface area (Å²) >= 11 is 6.16. The lowest BCUT2D eigenvalue weighted by Gasteiger charge is -2.26. The van der Waals surface area contributed by atoms with Gasteiger partial charge in [-0.15, -0.1) is 0 Å². The molecule has 1 unspecified atom stereocenters. The molecule has 4 rings (SSSR count). The summed E-state index contributed by atoms with van der Waals surface area (Å²) in [5, 5.41) is 21.3. The maximum atomic E-state index is 13.3. The summed E-state index contributed by atoms with van der Waals surface area (Å²) < 4.78 is 50.4. The topological polar surface area (TPSA) is 96.3 Å². The van der Waals surface area contributed by atoms with Crippen molar-refractivity contribution in [2.24, 2.45) is 0 Å². The molecule has 3 aromatic carbocycles. The Morgan fingerprint density at radius 2 is 1.66 bits per heavy atom. The fourth-order valence-corrected chi connectivity index (χ4v) is 4.51. The summed E-state index contributed by atoms with van der Waals surface area (Å²) in [6.07, 6.45) is -4.61. The van der Waals surface area contributed by atoms with E-state index in [4.69, 9.17) is 21.1 Å². The first-order valence-electron chi connectivity index (χ1n) is 11.1. The number of hydrogen-bond acceptors (Lipinski definition) is 6. The highest BCUT2D eigenvalue weighted by Crippen LogP contribution is 2.44. The number of aliphatic hydroxyl groups is 1. The van der Waals surface area contributed by atoms with E-state index in [1.165, 1.54) is 62.8 Å². The predicted molar refractivity (Wildman–Crippen MR) is 132 cm³/mol. The summed E-state index contributed by atoms with van der Waals surface area (Å²) in [5.41, 5.74) is -0.776. The summed E-state index contributed by atoms with van der Waals surface area (Å²) in [6, 6.07) is 11.4. The number of Topliss-reactive ketones (excluding diaryl/α,β-unsaturated/α-hetero) is 1. The van der Waals surface area contributed by atoms with Gasteiger partial charge in [-0.2, -0.15) is 13.2 Å². The van der Waals surface area contributed by atoms with Crippen LogP contribution in [-0.4, -0.2) is 41.0 Å². The fraction of sp³-hybridized carbons (Fsp3) is 0.185. The molecule has 3 aromatic rings. The number of halogens is 4. The van der Waals surface area contributed by atoms with E-state index in [0.29, 0.717) is 5.56 Å². The van der Waals surface area contributed by atoms with Crippen LogP contribution in [0.25, 0.3) is 5.76 Å². The van der Waals surface area contributed by atoms with Gasteiger partial charge < -0.3 is 24.6 Å². The van der Waals surface area contributed by atoms with Gasteiger partial charge in [0.2, 0.25) is 0 Å². The van der Waals surface area contributed by atoms with E-state index < -0.39 is 35.2 Å². The maximum Gasteiger partial charge on any atom is 0.416 e. The zero-order valence-electron chi connectivity index (χ0n) is 20.0. The minimum Gasteiger partial charge on any atom is -0.508 e. The number of carbonyl (C=O) groups excluding carboxylic acids is 2. The average Bonchev–Trinajstić information content (AvgIpc) is 3.13. The quantitative estimate of drug-likeness (QED) is 0.233. The van der Waals surface area contributed by atoms with Gasteiger partial charge in [0.25, 0.3) is 11.7 Å². The highest BCUT2D eigenvalue weighted by Gasteiger charge is 2.46. The first-order chi connectivity index (χ1) is 18.0. The molecule has 0 radical (unpaired) electrons. The van der Waals surface area contributed by atoms with Gasteiger partial charge in [-0.05, 0) is 41.5 Å². The van der Waals surface area contributed by atoms with Crippen LogP contribution in [0.1, 0.15) is 28.3 Å². The number of rotatable bonds is 6. The Kier molecular flexibility index (Phi) is 7.28. The number of alkyl halides is 3. The minimum atomic E-state index is -4.61. The van der Waals surface area contributed by atoms with Gasteiger partial charge in [0, 0.05) is 12.6 Å². The standard InChI is InChI=1S/C27H21ClF3NO6/c1-37-20-12-19(28)21(38-2)11-18(20)24(34)22-23(15-6-8-17(33)9-7-15)32(26(36)25(22)35)13-14-4-3-5-16(10-14)27(29,30)31/h3-12,23,33-34H,13H2,1-2H3/b24-22+. The zero-order chi connectivity index (χ0) is 27.8. The molecule has 11 heteroatoms. The molecular formula is C27H21ClF3NO6. The van der Waals surface area contributed by atoms with E-state index >= 15 is 0 Å². The van der Waals surface area contributed by atoms with Crippen molar-refractivity contribution in [2.75, 3.05) is 14.2 Å².